The number of rotatable bonds is 5. The minimum absolute atomic E-state index is 0.240. The van der Waals surface area contributed by atoms with Crippen molar-refractivity contribution < 1.29 is 19.1 Å². The van der Waals surface area contributed by atoms with Crippen LogP contribution in [-0.4, -0.2) is 36.8 Å². The van der Waals surface area contributed by atoms with E-state index in [9.17, 15) is 9.59 Å². The maximum atomic E-state index is 11.6. The van der Waals surface area contributed by atoms with Gasteiger partial charge in [0.2, 0.25) is 0 Å². The van der Waals surface area contributed by atoms with Crippen molar-refractivity contribution in [2.45, 2.75) is 34.6 Å². The summed E-state index contributed by atoms with van der Waals surface area (Å²) in [6.07, 6.45) is -1.29. The van der Waals surface area contributed by atoms with E-state index in [2.05, 4.69) is 0 Å². The molecule has 0 aromatic rings. The number of carbonyl (C=O) groups excluding carboxylic acids is 2. The zero-order chi connectivity index (χ0) is 13.4. The van der Waals surface area contributed by atoms with Crippen LogP contribution in [0.25, 0.3) is 0 Å². The Morgan fingerprint density at radius 1 is 0.941 bits per heavy atom. The first kappa shape index (κ1) is 15.7. The van der Waals surface area contributed by atoms with Gasteiger partial charge in [0.25, 0.3) is 0 Å². The highest BCUT2D eigenvalue weighted by atomic mass is 16.6. The zero-order valence-electron chi connectivity index (χ0n) is 11.4. The van der Waals surface area contributed by atoms with Gasteiger partial charge in [0.05, 0.1) is 13.2 Å². The Balaban J connectivity index is 4.20. The molecule has 0 saturated carbocycles. The Morgan fingerprint density at radius 3 is 1.53 bits per heavy atom. The van der Waals surface area contributed by atoms with Gasteiger partial charge < -0.3 is 9.47 Å². The van der Waals surface area contributed by atoms with Crippen LogP contribution in [0.5, 0.6) is 0 Å². The average molecular weight is 245 g/mol. The number of imide groups is 1. The van der Waals surface area contributed by atoms with E-state index in [4.69, 9.17) is 9.47 Å². The molecule has 5 heteroatoms. The number of hydrogen-bond donors (Lipinski definition) is 0. The van der Waals surface area contributed by atoms with Crippen LogP contribution in [0.15, 0.2) is 0 Å². The molecule has 17 heavy (non-hydrogen) atoms. The van der Waals surface area contributed by atoms with Gasteiger partial charge in [-0.25, -0.2) is 14.5 Å². The van der Waals surface area contributed by atoms with Gasteiger partial charge in [-0.1, -0.05) is 27.7 Å². The number of amides is 2. The Hall–Kier alpha value is -1.26. The number of ether oxygens (including phenoxy) is 2. The van der Waals surface area contributed by atoms with E-state index in [1.54, 1.807) is 6.92 Å². The van der Waals surface area contributed by atoms with E-state index in [0.717, 1.165) is 4.90 Å². The van der Waals surface area contributed by atoms with Crippen molar-refractivity contribution in [2.75, 3.05) is 19.8 Å². The summed E-state index contributed by atoms with van der Waals surface area (Å²) in [6.45, 7) is 10.3. The molecular weight excluding hydrogens is 222 g/mol. The average Bonchev–Trinajstić information content (AvgIpc) is 2.24. The SMILES string of the molecule is CCN(C(=O)OCC(C)C)C(=O)OCC(C)C. The molecule has 0 unspecified atom stereocenters. The first-order valence-electron chi connectivity index (χ1n) is 5.99. The van der Waals surface area contributed by atoms with Crippen molar-refractivity contribution in [3.05, 3.63) is 0 Å². The summed E-state index contributed by atoms with van der Waals surface area (Å²) in [5.74, 6) is 0.480. The highest BCUT2D eigenvalue weighted by Crippen LogP contribution is 2.03. The molecule has 0 radical (unpaired) electrons. The molecule has 0 saturated heterocycles. The summed E-state index contributed by atoms with van der Waals surface area (Å²) < 4.78 is 9.94. The van der Waals surface area contributed by atoms with Crippen molar-refractivity contribution in [3.63, 3.8) is 0 Å². The standard InChI is InChI=1S/C12H23NO4/c1-6-13(11(14)16-7-9(2)3)12(15)17-8-10(4)5/h9-10H,6-8H2,1-5H3. The molecule has 0 fully saturated rings. The van der Waals surface area contributed by atoms with Crippen LogP contribution in [-0.2, 0) is 9.47 Å². The predicted octanol–water partition coefficient (Wildman–Crippen LogP) is 2.89. The largest absolute Gasteiger partial charge is 0.449 e. The molecule has 0 bridgehead atoms. The molecule has 0 heterocycles. The molecule has 0 aliphatic rings. The fraction of sp³-hybridized carbons (Fsp3) is 0.833. The van der Waals surface area contributed by atoms with Crippen LogP contribution >= 0.6 is 0 Å². The van der Waals surface area contributed by atoms with Crippen molar-refractivity contribution in [1.29, 1.82) is 0 Å². The van der Waals surface area contributed by atoms with Crippen molar-refractivity contribution >= 4 is 12.2 Å². The lowest BCUT2D eigenvalue weighted by atomic mass is 10.2. The first-order valence-corrected chi connectivity index (χ1v) is 5.99. The monoisotopic (exact) mass is 245 g/mol. The zero-order valence-corrected chi connectivity index (χ0v) is 11.4. The van der Waals surface area contributed by atoms with Gasteiger partial charge in [0.15, 0.2) is 0 Å². The van der Waals surface area contributed by atoms with Gasteiger partial charge >= 0.3 is 12.2 Å². The van der Waals surface area contributed by atoms with Crippen LogP contribution < -0.4 is 0 Å². The molecule has 0 aliphatic heterocycles. The molecule has 0 rings (SSSR count). The maximum Gasteiger partial charge on any atom is 0.419 e. The Morgan fingerprint density at radius 2 is 1.29 bits per heavy atom. The summed E-state index contributed by atoms with van der Waals surface area (Å²) in [6, 6.07) is 0. The van der Waals surface area contributed by atoms with Gasteiger partial charge in [-0.3, -0.25) is 0 Å². The molecule has 0 atom stereocenters. The van der Waals surface area contributed by atoms with Crippen LogP contribution in [0.1, 0.15) is 34.6 Å². The summed E-state index contributed by atoms with van der Waals surface area (Å²) in [5, 5.41) is 0. The lowest BCUT2D eigenvalue weighted by molar-refractivity contribution is 0.0680. The summed E-state index contributed by atoms with van der Waals surface area (Å²) >= 11 is 0. The highest BCUT2D eigenvalue weighted by Gasteiger charge is 2.22. The van der Waals surface area contributed by atoms with Gasteiger partial charge in [-0.05, 0) is 18.8 Å². The van der Waals surface area contributed by atoms with Gasteiger partial charge in [-0.2, -0.15) is 0 Å². The number of hydrogen-bond acceptors (Lipinski definition) is 4. The molecule has 100 valence electrons. The molecule has 0 aromatic heterocycles. The van der Waals surface area contributed by atoms with E-state index >= 15 is 0 Å². The summed E-state index contributed by atoms with van der Waals surface area (Å²) in [7, 11) is 0. The molecule has 5 nitrogen and oxygen atoms in total. The van der Waals surface area contributed by atoms with Crippen LogP contribution in [0, 0.1) is 11.8 Å². The highest BCUT2D eigenvalue weighted by molar-refractivity contribution is 5.87. The van der Waals surface area contributed by atoms with Gasteiger partial charge in [-0.15, -0.1) is 0 Å². The number of carbonyl (C=O) groups is 2. The third kappa shape index (κ3) is 6.81. The molecule has 0 aliphatic carbocycles. The lowest BCUT2D eigenvalue weighted by Gasteiger charge is -2.19. The topological polar surface area (TPSA) is 55.8 Å². The Kier molecular flexibility index (Phi) is 7.34. The minimum Gasteiger partial charge on any atom is -0.449 e. The van der Waals surface area contributed by atoms with Crippen LogP contribution in [0.4, 0.5) is 9.59 Å². The van der Waals surface area contributed by atoms with E-state index in [1.165, 1.54) is 0 Å². The van der Waals surface area contributed by atoms with E-state index in [1.807, 2.05) is 27.7 Å². The number of nitrogens with zero attached hydrogens (tertiary/aromatic N) is 1. The second-order valence-electron chi connectivity index (χ2n) is 4.69. The quantitative estimate of drug-likeness (QED) is 0.747. The normalized spacial score (nSPS) is 10.5. The third-order valence-electron chi connectivity index (χ3n) is 1.84. The van der Waals surface area contributed by atoms with Gasteiger partial charge in [0, 0.05) is 6.54 Å². The second kappa shape index (κ2) is 7.92. The Labute approximate surface area is 103 Å². The first-order chi connectivity index (χ1) is 7.88. The fourth-order valence-electron chi connectivity index (χ4n) is 0.964. The maximum absolute atomic E-state index is 11.6. The summed E-state index contributed by atoms with van der Waals surface area (Å²) in [5.41, 5.74) is 0. The predicted molar refractivity (Wildman–Crippen MR) is 64.8 cm³/mol. The molecule has 0 N–H and O–H groups in total. The lowest BCUT2D eigenvalue weighted by Crippen LogP contribution is -2.38. The van der Waals surface area contributed by atoms with Crippen molar-refractivity contribution in [1.82, 2.24) is 4.90 Å². The van der Waals surface area contributed by atoms with Crippen LogP contribution in [0.3, 0.4) is 0 Å². The van der Waals surface area contributed by atoms with Crippen molar-refractivity contribution in [3.8, 4) is 0 Å². The van der Waals surface area contributed by atoms with E-state index in [0.29, 0.717) is 13.2 Å². The van der Waals surface area contributed by atoms with E-state index < -0.39 is 12.2 Å². The van der Waals surface area contributed by atoms with E-state index in [-0.39, 0.29) is 18.4 Å². The smallest absolute Gasteiger partial charge is 0.419 e. The molecular formula is C12H23NO4. The molecule has 0 aromatic carbocycles. The molecule has 0 spiro atoms. The Bertz CT molecular complexity index is 227. The minimum atomic E-state index is -0.644. The summed E-state index contributed by atoms with van der Waals surface area (Å²) in [4.78, 5) is 24.1. The third-order valence-corrected chi connectivity index (χ3v) is 1.84. The molecule has 2 amide bonds. The van der Waals surface area contributed by atoms with Crippen molar-refractivity contribution in [2.24, 2.45) is 11.8 Å². The fourth-order valence-corrected chi connectivity index (χ4v) is 0.964. The van der Waals surface area contributed by atoms with Gasteiger partial charge in [0.1, 0.15) is 0 Å². The second-order valence-corrected chi connectivity index (χ2v) is 4.69. The van der Waals surface area contributed by atoms with Crippen LogP contribution in [0.2, 0.25) is 0 Å².